The summed E-state index contributed by atoms with van der Waals surface area (Å²) in [5, 5.41) is 0.661. The lowest BCUT2D eigenvalue weighted by atomic mass is 9.85. The van der Waals surface area contributed by atoms with Crippen LogP contribution in [0.25, 0.3) is 0 Å². The van der Waals surface area contributed by atoms with Crippen LogP contribution in [-0.4, -0.2) is 17.5 Å². The lowest BCUT2D eigenvalue weighted by Crippen LogP contribution is -2.33. The van der Waals surface area contributed by atoms with Crippen LogP contribution in [0, 0.1) is 5.92 Å². The minimum absolute atomic E-state index is 0.0332. The zero-order valence-corrected chi connectivity index (χ0v) is 10.2. The third kappa shape index (κ3) is 2.79. The van der Waals surface area contributed by atoms with Gasteiger partial charge in [-0.05, 0) is 24.7 Å². The molecular formula is C13H16O2S. The van der Waals surface area contributed by atoms with Gasteiger partial charge in [-0.15, -0.1) is 0 Å². The van der Waals surface area contributed by atoms with E-state index in [1.807, 2.05) is 42.1 Å². The number of esters is 1. The molecule has 2 rings (SSSR count). The van der Waals surface area contributed by atoms with Crippen molar-refractivity contribution in [2.24, 2.45) is 5.92 Å². The van der Waals surface area contributed by atoms with E-state index in [2.05, 4.69) is 6.26 Å². The smallest absolute Gasteiger partial charge is 0.309 e. The Bertz CT molecular complexity index is 344. The van der Waals surface area contributed by atoms with Crippen LogP contribution in [-0.2, 0) is 16.1 Å². The van der Waals surface area contributed by atoms with Crippen LogP contribution in [0.5, 0.6) is 0 Å². The quantitative estimate of drug-likeness (QED) is 0.752. The molecular weight excluding hydrogens is 220 g/mol. The van der Waals surface area contributed by atoms with Gasteiger partial charge in [0.15, 0.2) is 0 Å². The number of carbonyl (C=O) groups excluding carboxylic acids is 1. The van der Waals surface area contributed by atoms with Crippen LogP contribution >= 0.6 is 11.8 Å². The molecule has 0 unspecified atom stereocenters. The van der Waals surface area contributed by atoms with Crippen molar-refractivity contribution >= 4 is 17.7 Å². The number of carbonyl (C=O) groups is 1. The van der Waals surface area contributed by atoms with E-state index >= 15 is 0 Å². The molecule has 0 saturated heterocycles. The summed E-state index contributed by atoms with van der Waals surface area (Å²) in [4.78, 5) is 11.6. The predicted octanol–water partition coefficient (Wildman–Crippen LogP) is 2.87. The second-order valence-electron chi connectivity index (χ2n) is 4.12. The molecule has 16 heavy (non-hydrogen) atoms. The normalized spacial score (nSPS) is 23.6. The molecule has 1 saturated carbocycles. The van der Waals surface area contributed by atoms with Crippen molar-refractivity contribution in [3.63, 3.8) is 0 Å². The van der Waals surface area contributed by atoms with Crippen LogP contribution in [0.1, 0.15) is 18.4 Å². The average Bonchev–Trinajstić information content (AvgIpc) is 2.26. The summed E-state index contributed by atoms with van der Waals surface area (Å²) in [5.41, 5.74) is 1.05. The van der Waals surface area contributed by atoms with Crippen molar-refractivity contribution in [3.8, 4) is 0 Å². The molecule has 0 atom stereocenters. The Morgan fingerprint density at radius 2 is 2.06 bits per heavy atom. The fourth-order valence-electron chi connectivity index (χ4n) is 1.80. The minimum atomic E-state index is -0.0332. The van der Waals surface area contributed by atoms with Crippen molar-refractivity contribution in [2.75, 3.05) is 6.26 Å². The van der Waals surface area contributed by atoms with Crippen LogP contribution in [0.15, 0.2) is 30.3 Å². The Hall–Kier alpha value is -0.960. The molecule has 86 valence electrons. The van der Waals surface area contributed by atoms with Crippen LogP contribution in [0.2, 0.25) is 0 Å². The highest BCUT2D eigenvalue weighted by atomic mass is 32.2. The van der Waals surface area contributed by atoms with Crippen LogP contribution < -0.4 is 0 Å². The Morgan fingerprint density at radius 1 is 1.38 bits per heavy atom. The van der Waals surface area contributed by atoms with Gasteiger partial charge >= 0.3 is 5.97 Å². The van der Waals surface area contributed by atoms with E-state index in [4.69, 9.17) is 4.74 Å². The van der Waals surface area contributed by atoms with Crippen molar-refractivity contribution in [3.05, 3.63) is 35.9 Å². The molecule has 0 bridgehead atoms. The molecule has 0 heterocycles. The molecule has 2 nitrogen and oxygen atoms in total. The van der Waals surface area contributed by atoms with Gasteiger partial charge in [0.1, 0.15) is 6.61 Å². The van der Waals surface area contributed by atoms with E-state index in [-0.39, 0.29) is 11.9 Å². The standard InChI is InChI=1S/C13H16O2S/c1-16-12-7-11(8-12)13(14)15-9-10-5-3-2-4-6-10/h2-6,11-12H,7-9H2,1H3. The van der Waals surface area contributed by atoms with Gasteiger partial charge in [0, 0.05) is 5.25 Å². The Kier molecular flexibility index (Phi) is 3.88. The summed E-state index contributed by atoms with van der Waals surface area (Å²) in [5.74, 6) is 0.107. The number of ether oxygens (including phenoxy) is 1. The molecule has 0 amide bonds. The molecule has 1 aliphatic rings. The Morgan fingerprint density at radius 3 is 2.69 bits per heavy atom. The van der Waals surface area contributed by atoms with Gasteiger partial charge in [0.05, 0.1) is 5.92 Å². The summed E-state index contributed by atoms with van der Waals surface area (Å²) < 4.78 is 5.28. The SMILES string of the molecule is CSC1CC(C(=O)OCc2ccccc2)C1. The Balaban J connectivity index is 1.73. The molecule has 1 fully saturated rings. The largest absolute Gasteiger partial charge is 0.461 e. The highest BCUT2D eigenvalue weighted by Crippen LogP contribution is 2.36. The van der Waals surface area contributed by atoms with E-state index < -0.39 is 0 Å². The second kappa shape index (κ2) is 5.39. The van der Waals surface area contributed by atoms with Gasteiger partial charge in [0.2, 0.25) is 0 Å². The molecule has 1 aliphatic carbocycles. The third-order valence-corrected chi connectivity index (χ3v) is 4.04. The molecule has 1 aromatic rings. The molecule has 3 heteroatoms. The number of hydrogen-bond acceptors (Lipinski definition) is 3. The van der Waals surface area contributed by atoms with Gasteiger partial charge in [-0.3, -0.25) is 4.79 Å². The highest BCUT2D eigenvalue weighted by Gasteiger charge is 2.34. The first-order valence-electron chi connectivity index (χ1n) is 5.53. The molecule has 1 aromatic carbocycles. The van der Waals surface area contributed by atoms with Gasteiger partial charge in [-0.2, -0.15) is 11.8 Å². The summed E-state index contributed by atoms with van der Waals surface area (Å²) in [7, 11) is 0. The number of benzene rings is 1. The molecule has 0 spiro atoms. The maximum Gasteiger partial charge on any atom is 0.309 e. The van der Waals surface area contributed by atoms with Crippen molar-refractivity contribution < 1.29 is 9.53 Å². The predicted molar refractivity (Wildman–Crippen MR) is 66.3 cm³/mol. The Labute approximate surface area is 100 Å². The maximum absolute atomic E-state index is 11.6. The number of hydrogen-bond donors (Lipinski definition) is 0. The summed E-state index contributed by atoms with van der Waals surface area (Å²) in [6.07, 6.45) is 4.06. The van der Waals surface area contributed by atoms with E-state index in [9.17, 15) is 4.79 Å². The maximum atomic E-state index is 11.6. The van der Waals surface area contributed by atoms with Gasteiger partial charge in [-0.1, -0.05) is 30.3 Å². The first-order valence-corrected chi connectivity index (χ1v) is 6.81. The molecule has 0 aliphatic heterocycles. The van der Waals surface area contributed by atoms with Crippen molar-refractivity contribution in [1.29, 1.82) is 0 Å². The van der Waals surface area contributed by atoms with Gasteiger partial charge < -0.3 is 4.74 Å². The van der Waals surface area contributed by atoms with Crippen LogP contribution in [0.3, 0.4) is 0 Å². The van der Waals surface area contributed by atoms with Gasteiger partial charge in [0.25, 0.3) is 0 Å². The number of rotatable bonds is 4. The second-order valence-corrected chi connectivity index (χ2v) is 5.26. The highest BCUT2D eigenvalue weighted by molar-refractivity contribution is 7.99. The molecule has 0 aromatic heterocycles. The van der Waals surface area contributed by atoms with Crippen molar-refractivity contribution in [2.45, 2.75) is 24.7 Å². The average molecular weight is 236 g/mol. The van der Waals surface area contributed by atoms with E-state index in [1.54, 1.807) is 0 Å². The summed E-state index contributed by atoms with van der Waals surface area (Å²) in [6.45, 7) is 0.403. The first kappa shape index (κ1) is 11.5. The fourth-order valence-corrected chi connectivity index (χ4v) is 2.65. The number of thioether (sulfide) groups is 1. The van der Waals surface area contributed by atoms with Crippen molar-refractivity contribution in [1.82, 2.24) is 0 Å². The van der Waals surface area contributed by atoms with E-state index in [0.717, 1.165) is 18.4 Å². The molecule has 0 radical (unpaired) electrons. The summed E-state index contributed by atoms with van der Waals surface area (Å²) >= 11 is 1.84. The van der Waals surface area contributed by atoms with Crippen LogP contribution in [0.4, 0.5) is 0 Å². The van der Waals surface area contributed by atoms with E-state index in [1.165, 1.54) is 0 Å². The third-order valence-electron chi connectivity index (χ3n) is 2.99. The van der Waals surface area contributed by atoms with E-state index in [0.29, 0.717) is 11.9 Å². The monoisotopic (exact) mass is 236 g/mol. The fraction of sp³-hybridized carbons (Fsp3) is 0.462. The zero-order chi connectivity index (χ0) is 11.4. The summed E-state index contributed by atoms with van der Waals surface area (Å²) in [6, 6.07) is 9.81. The lowest BCUT2D eigenvalue weighted by molar-refractivity contribution is -0.152. The van der Waals surface area contributed by atoms with Gasteiger partial charge in [-0.25, -0.2) is 0 Å². The first-order chi connectivity index (χ1) is 7.79. The minimum Gasteiger partial charge on any atom is -0.461 e. The topological polar surface area (TPSA) is 26.3 Å². The molecule has 0 N–H and O–H groups in total. The zero-order valence-electron chi connectivity index (χ0n) is 9.39. The lowest BCUT2D eigenvalue weighted by Gasteiger charge is -2.31.